The second-order valence-electron chi connectivity index (χ2n) is 10.5. The summed E-state index contributed by atoms with van der Waals surface area (Å²) in [6.07, 6.45) is -1.69. The number of hydrogen-bond donors (Lipinski definition) is 0. The van der Waals surface area contributed by atoms with E-state index in [1.165, 1.54) is 25.5 Å². The average Bonchev–Trinajstić information content (AvgIpc) is 3.29. The molecule has 0 unspecified atom stereocenters. The molecule has 1 saturated heterocycles. The monoisotopic (exact) mass is 530 g/mol. The number of alkyl halides is 9. The van der Waals surface area contributed by atoms with Gasteiger partial charge in [0, 0.05) is 12.8 Å². The van der Waals surface area contributed by atoms with Crippen LogP contribution in [0, 0.1) is 0 Å². The summed E-state index contributed by atoms with van der Waals surface area (Å²) in [7, 11) is 0. The van der Waals surface area contributed by atoms with Crippen LogP contribution in [0.5, 0.6) is 0 Å². The van der Waals surface area contributed by atoms with Crippen LogP contribution in [0.2, 0.25) is 0 Å². The Kier molecular flexibility index (Phi) is 7.22. The van der Waals surface area contributed by atoms with E-state index in [2.05, 4.69) is 0 Å². The van der Waals surface area contributed by atoms with Crippen LogP contribution in [0.15, 0.2) is 24.5 Å². The number of halogens is 9. The Morgan fingerprint density at radius 1 is 0.556 bits per heavy atom. The Hall–Kier alpha value is -1.75. The Morgan fingerprint density at radius 2 is 0.972 bits per heavy atom. The quantitative estimate of drug-likeness (QED) is 0.265. The molecule has 0 atom stereocenters. The molecule has 202 valence electrons. The smallest absolute Gasteiger partial charge is 0.197 e. The first-order chi connectivity index (χ1) is 16.7. The third-order valence-electron chi connectivity index (χ3n) is 7.98. The van der Waals surface area contributed by atoms with Crippen molar-refractivity contribution in [2.45, 2.75) is 95.2 Å². The molecule has 2 nitrogen and oxygen atoms in total. The fourth-order valence-corrected chi connectivity index (χ4v) is 6.28. The Bertz CT molecular complexity index is 922. The molecule has 0 radical (unpaired) electrons. The van der Waals surface area contributed by atoms with Gasteiger partial charge in [0.15, 0.2) is 18.1 Å². The normalized spacial score (nSPS) is 28.9. The predicted molar refractivity (Wildman–Crippen MR) is 117 cm³/mol. The minimum atomic E-state index is -5.38. The first kappa shape index (κ1) is 27.3. The molecule has 4 aliphatic rings. The Labute approximate surface area is 204 Å². The molecule has 0 amide bonds. The Morgan fingerprint density at radius 3 is 1.36 bits per heavy atom. The van der Waals surface area contributed by atoms with E-state index in [0.29, 0.717) is 0 Å². The molecule has 3 heterocycles. The van der Waals surface area contributed by atoms with Crippen LogP contribution >= 0.6 is 0 Å². The van der Waals surface area contributed by atoms with E-state index in [1.54, 1.807) is 6.20 Å². The van der Waals surface area contributed by atoms with Gasteiger partial charge in [-0.2, -0.15) is 48.5 Å². The third kappa shape index (κ3) is 5.28. The van der Waals surface area contributed by atoms with Gasteiger partial charge in [-0.3, -0.25) is 0 Å². The molecule has 1 saturated carbocycles. The SMILES string of the molecule is FC(F)(F)c1cc(C(F)(F)F)c([N+]23C=C[N+](C4CCCCCCCCCCC4)(C2)C3)c(C(F)(F)F)c1. The van der Waals surface area contributed by atoms with E-state index < -0.39 is 45.4 Å². The maximum atomic E-state index is 14.0. The van der Waals surface area contributed by atoms with Crippen molar-refractivity contribution in [1.29, 1.82) is 0 Å². The lowest BCUT2D eigenvalue weighted by atomic mass is 9.94. The van der Waals surface area contributed by atoms with Gasteiger partial charge in [-0.25, -0.2) is 0 Å². The van der Waals surface area contributed by atoms with Gasteiger partial charge >= 0.3 is 18.5 Å². The molecular weight excluding hydrogens is 499 g/mol. The second-order valence-corrected chi connectivity index (χ2v) is 10.5. The summed E-state index contributed by atoms with van der Waals surface area (Å²) in [5, 5.41) is 0. The molecule has 1 aliphatic carbocycles. The number of rotatable bonds is 2. The minimum Gasteiger partial charge on any atom is -0.197 e. The summed E-state index contributed by atoms with van der Waals surface area (Å²) in [5.74, 6) is 0. The van der Waals surface area contributed by atoms with E-state index >= 15 is 0 Å². The van der Waals surface area contributed by atoms with Gasteiger partial charge in [-0.1, -0.05) is 44.9 Å². The first-order valence-corrected chi connectivity index (χ1v) is 12.5. The highest BCUT2D eigenvalue weighted by Crippen LogP contribution is 2.55. The van der Waals surface area contributed by atoms with Crippen molar-refractivity contribution < 1.29 is 44.0 Å². The molecule has 5 rings (SSSR count). The summed E-state index contributed by atoms with van der Waals surface area (Å²) in [6.45, 7) is -0.0790. The van der Waals surface area contributed by atoms with Crippen LogP contribution in [0.25, 0.3) is 0 Å². The topological polar surface area (TPSA) is 0 Å². The minimum absolute atomic E-state index is 0.0395. The maximum Gasteiger partial charge on any atom is 0.422 e. The second kappa shape index (κ2) is 9.53. The molecule has 0 spiro atoms. The van der Waals surface area contributed by atoms with E-state index in [9.17, 15) is 39.5 Å². The van der Waals surface area contributed by atoms with Crippen LogP contribution in [-0.2, 0) is 18.5 Å². The molecule has 2 fully saturated rings. The van der Waals surface area contributed by atoms with E-state index in [1.807, 2.05) is 0 Å². The van der Waals surface area contributed by atoms with Crippen LogP contribution < -0.4 is 4.48 Å². The number of nitrogens with zero attached hydrogens (tertiary/aromatic N) is 2. The molecule has 36 heavy (non-hydrogen) atoms. The molecule has 0 N–H and O–H groups in total. The molecule has 0 aromatic heterocycles. The summed E-state index contributed by atoms with van der Waals surface area (Å²) >= 11 is 0. The van der Waals surface area contributed by atoms with Gasteiger partial charge in [0.25, 0.3) is 0 Å². The number of hydrogen-bond acceptors (Lipinski definition) is 0. The van der Waals surface area contributed by atoms with Crippen molar-refractivity contribution in [1.82, 2.24) is 4.48 Å². The van der Waals surface area contributed by atoms with Crippen molar-refractivity contribution in [3.8, 4) is 0 Å². The van der Waals surface area contributed by atoms with Crippen LogP contribution in [0.3, 0.4) is 0 Å². The summed E-state index contributed by atoms with van der Waals surface area (Å²) in [4.78, 5) is 0. The first-order valence-electron chi connectivity index (χ1n) is 12.5. The lowest BCUT2D eigenvalue weighted by Crippen LogP contribution is -2.74. The maximum absolute atomic E-state index is 14.0. The third-order valence-corrected chi connectivity index (χ3v) is 7.98. The van der Waals surface area contributed by atoms with Crippen LogP contribution in [-0.4, -0.2) is 23.9 Å². The van der Waals surface area contributed by atoms with Gasteiger partial charge in [-0.05, 0) is 25.0 Å². The van der Waals surface area contributed by atoms with Crippen molar-refractivity contribution in [2.24, 2.45) is 0 Å². The fourth-order valence-electron chi connectivity index (χ4n) is 6.28. The fraction of sp³-hybridized carbons (Fsp3) is 0.680. The van der Waals surface area contributed by atoms with Gasteiger partial charge in [0.1, 0.15) is 17.2 Å². The summed E-state index contributed by atoms with van der Waals surface area (Å²) in [5.41, 5.74) is -6.81. The van der Waals surface area contributed by atoms with Crippen molar-refractivity contribution in [3.05, 3.63) is 41.2 Å². The number of benzene rings is 1. The van der Waals surface area contributed by atoms with Crippen LogP contribution in [0.1, 0.15) is 87.3 Å². The molecule has 1 aromatic rings. The zero-order chi connectivity index (χ0) is 26.4. The largest absolute Gasteiger partial charge is 0.422 e. The lowest BCUT2D eigenvalue weighted by Gasteiger charge is -2.51. The van der Waals surface area contributed by atoms with E-state index in [4.69, 9.17) is 0 Å². The molecule has 2 bridgehead atoms. The van der Waals surface area contributed by atoms with Crippen molar-refractivity contribution in [3.63, 3.8) is 0 Å². The Balaban J connectivity index is 1.70. The number of quaternary nitrogens is 2. The van der Waals surface area contributed by atoms with Crippen molar-refractivity contribution in [2.75, 3.05) is 13.3 Å². The van der Waals surface area contributed by atoms with Gasteiger partial charge in [0.05, 0.1) is 5.56 Å². The molecule has 11 heteroatoms. The van der Waals surface area contributed by atoms with E-state index in [0.717, 1.165) is 51.4 Å². The van der Waals surface area contributed by atoms with Gasteiger partial charge < -0.3 is 0 Å². The highest BCUT2D eigenvalue weighted by Gasteiger charge is 2.67. The lowest BCUT2D eigenvalue weighted by molar-refractivity contribution is -0.955. The van der Waals surface area contributed by atoms with Crippen LogP contribution in [0.4, 0.5) is 45.2 Å². The zero-order valence-electron chi connectivity index (χ0n) is 19.9. The zero-order valence-corrected chi connectivity index (χ0v) is 19.9. The highest BCUT2D eigenvalue weighted by molar-refractivity contribution is 5.63. The van der Waals surface area contributed by atoms with Gasteiger partial charge in [-0.15, -0.1) is 0 Å². The highest BCUT2D eigenvalue weighted by atomic mass is 19.4. The van der Waals surface area contributed by atoms with E-state index in [-0.39, 0.29) is 36.0 Å². The molecule has 1 aromatic carbocycles. The molecular formula is C25H31F9N2+2. The molecule has 3 aliphatic heterocycles. The standard InChI is InChI=1S/C25H31F9N2/c26-23(27,28)18-14-20(24(29,30)31)22(21(15-18)25(32,33)34)36-13-12-35(16-36,17-36)19-10-8-6-4-2-1-3-5-7-9-11-19/h12-15,19H,1-11,16-17H2/q+2. The summed E-state index contributed by atoms with van der Waals surface area (Å²) in [6, 6.07) is -0.271. The van der Waals surface area contributed by atoms with Crippen molar-refractivity contribution >= 4 is 5.69 Å². The predicted octanol–water partition coefficient (Wildman–Crippen LogP) is 8.95. The van der Waals surface area contributed by atoms with Gasteiger partial charge in [0.2, 0.25) is 13.3 Å². The average molecular weight is 531 g/mol. The summed E-state index contributed by atoms with van der Waals surface area (Å²) < 4.78 is 123.